The first-order chi connectivity index (χ1) is 12.9. The summed E-state index contributed by atoms with van der Waals surface area (Å²) < 4.78 is 5.38. The second-order valence-corrected chi connectivity index (χ2v) is 6.83. The van der Waals surface area contributed by atoms with Crippen LogP contribution in [0.25, 0.3) is 0 Å². The van der Waals surface area contributed by atoms with Crippen molar-refractivity contribution in [3.63, 3.8) is 0 Å². The molecule has 0 aliphatic heterocycles. The van der Waals surface area contributed by atoms with E-state index in [1.165, 1.54) is 0 Å². The zero-order chi connectivity index (χ0) is 20.0. The van der Waals surface area contributed by atoms with Crippen LogP contribution in [0.5, 0.6) is 0 Å². The van der Waals surface area contributed by atoms with Gasteiger partial charge < -0.3 is 9.64 Å². The molecule has 2 aromatic rings. The molecular formula is C23H29NO3. The molecule has 0 spiro atoms. The molecule has 27 heavy (non-hydrogen) atoms. The van der Waals surface area contributed by atoms with Crippen molar-refractivity contribution < 1.29 is 14.3 Å². The van der Waals surface area contributed by atoms with Crippen LogP contribution < -0.4 is 0 Å². The summed E-state index contributed by atoms with van der Waals surface area (Å²) in [6.45, 7) is 10.5. The minimum Gasteiger partial charge on any atom is -0.464 e. The highest BCUT2D eigenvalue weighted by atomic mass is 16.5. The molecule has 0 saturated carbocycles. The third-order valence-electron chi connectivity index (χ3n) is 4.58. The maximum absolute atomic E-state index is 13.3. The molecule has 0 bridgehead atoms. The van der Waals surface area contributed by atoms with E-state index in [0.717, 1.165) is 28.7 Å². The van der Waals surface area contributed by atoms with Crippen LogP contribution >= 0.6 is 0 Å². The van der Waals surface area contributed by atoms with Gasteiger partial charge in [-0.25, -0.2) is 4.79 Å². The fourth-order valence-corrected chi connectivity index (χ4v) is 3.58. The average Bonchev–Trinajstić information content (AvgIpc) is 2.63. The van der Waals surface area contributed by atoms with Gasteiger partial charge in [-0.1, -0.05) is 42.8 Å². The van der Waals surface area contributed by atoms with Gasteiger partial charge in [0.15, 0.2) is 6.04 Å². The van der Waals surface area contributed by atoms with Crippen molar-refractivity contribution in [2.75, 3.05) is 13.2 Å². The number of carbonyl (C=O) groups excluding carboxylic acids is 2. The summed E-state index contributed by atoms with van der Waals surface area (Å²) in [5.74, 6) is -0.542. The fraction of sp³-hybridized carbons (Fsp3) is 0.391. The Kier molecular flexibility index (Phi) is 7.17. The molecule has 2 aromatic carbocycles. The molecule has 1 atom stereocenters. The number of aryl methyl sites for hydroxylation is 3. The summed E-state index contributed by atoms with van der Waals surface area (Å²) in [5.41, 5.74) is 4.55. The van der Waals surface area contributed by atoms with Gasteiger partial charge in [0.25, 0.3) is 5.91 Å². The lowest BCUT2D eigenvalue weighted by Gasteiger charge is -2.32. The summed E-state index contributed by atoms with van der Waals surface area (Å²) in [4.78, 5) is 27.9. The predicted octanol–water partition coefficient (Wildman–Crippen LogP) is 4.77. The number of esters is 1. The standard InChI is InChI=1S/C23H29NO3/c1-6-13-24(22(25)19-11-9-8-10-12-19)21(23(26)27-7-2)20-17(4)14-16(3)15-18(20)5/h8-12,14-15,21H,6-7,13H2,1-5H3. The summed E-state index contributed by atoms with van der Waals surface area (Å²) >= 11 is 0. The molecule has 0 aliphatic carbocycles. The Hall–Kier alpha value is -2.62. The number of hydrogen-bond acceptors (Lipinski definition) is 3. The molecule has 0 radical (unpaired) electrons. The van der Waals surface area contributed by atoms with Crippen molar-refractivity contribution in [2.24, 2.45) is 0 Å². The monoisotopic (exact) mass is 367 g/mol. The Morgan fingerprint density at radius 1 is 1.00 bits per heavy atom. The highest BCUT2D eigenvalue weighted by molar-refractivity contribution is 5.97. The molecule has 0 N–H and O–H groups in total. The number of carbonyl (C=O) groups is 2. The number of nitrogens with zero attached hydrogens (tertiary/aromatic N) is 1. The maximum Gasteiger partial charge on any atom is 0.333 e. The molecule has 0 aliphatic rings. The van der Waals surface area contributed by atoms with E-state index in [-0.39, 0.29) is 18.5 Å². The molecule has 4 nitrogen and oxygen atoms in total. The zero-order valence-electron chi connectivity index (χ0n) is 16.9. The highest BCUT2D eigenvalue weighted by Gasteiger charge is 2.34. The number of rotatable bonds is 7. The zero-order valence-corrected chi connectivity index (χ0v) is 16.9. The van der Waals surface area contributed by atoms with Gasteiger partial charge in [-0.2, -0.15) is 0 Å². The summed E-state index contributed by atoms with van der Waals surface area (Å²) in [6, 6.07) is 12.4. The van der Waals surface area contributed by atoms with Gasteiger partial charge in [-0.05, 0) is 62.9 Å². The molecule has 144 valence electrons. The van der Waals surface area contributed by atoms with Crippen molar-refractivity contribution >= 4 is 11.9 Å². The minimum atomic E-state index is -0.752. The van der Waals surface area contributed by atoms with Crippen molar-refractivity contribution in [3.8, 4) is 0 Å². The van der Waals surface area contributed by atoms with Crippen LogP contribution in [0.3, 0.4) is 0 Å². The maximum atomic E-state index is 13.3. The Balaban J connectivity index is 2.59. The topological polar surface area (TPSA) is 46.6 Å². The lowest BCUT2D eigenvalue weighted by molar-refractivity contribution is -0.149. The first-order valence-electron chi connectivity index (χ1n) is 9.51. The first kappa shape index (κ1) is 20.7. The Morgan fingerprint density at radius 2 is 1.59 bits per heavy atom. The van der Waals surface area contributed by atoms with E-state index in [0.29, 0.717) is 12.1 Å². The molecule has 0 heterocycles. The first-order valence-corrected chi connectivity index (χ1v) is 9.51. The highest BCUT2D eigenvalue weighted by Crippen LogP contribution is 2.31. The smallest absolute Gasteiger partial charge is 0.333 e. The van der Waals surface area contributed by atoms with Gasteiger partial charge in [0, 0.05) is 12.1 Å². The van der Waals surface area contributed by atoms with E-state index in [1.54, 1.807) is 24.0 Å². The summed E-state index contributed by atoms with van der Waals surface area (Å²) in [6.07, 6.45) is 0.748. The number of benzene rings is 2. The molecule has 4 heteroatoms. The van der Waals surface area contributed by atoms with Crippen molar-refractivity contribution in [2.45, 2.75) is 47.1 Å². The van der Waals surface area contributed by atoms with Crippen LogP contribution in [0.2, 0.25) is 0 Å². The van der Waals surface area contributed by atoms with E-state index < -0.39 is 6.04 Å². The second kappa shape index (κ2) is 9.36. The third-order valence-corrected chi connectivity index (χ3v) is 4.58. The summed E-state index contributed by atoms with van der Waals surface area (Å²) in [7, 11) is 0. The van der Waals surface area contributed by atoms with Gasteiger partial charge in [0.1, 0.15) is 0 Å². The number of amides is 1. The number of hydrogen-bond donors (Lipinski definition) is 0. The van der Waals surface area contributed by atoms with Gasteiger partial charge >= 0.3 is 5.97 Å². The molecule has 0 aromatic heterocycles. The van der Waals surface area contributed by atoms with Crippen LogP contribution in [0.1, 0.15) is 58.9 Å². The van der Waals surface area contributed by atoms with Crippen LogP contribution in [0, 0.1) is 20.8 Å². The van der Waals surface area contributed by atoms with Gasteiger partial charge in [-0.15, -0.1) is 0 Å². The van der Waals surface area contributed by atoms with Crippen LogP contribution in [0.15, 0.2) is 42.5 Å². The largest absolute Gasteiger partial charge is 0.464 e. The lowest BCUT2D eigenvalue weighted by atomic mass is 9.92. The molecule has 0 saturated heterocycles. The molecule has 2 rings (SSSR count). The van der Waals surface area contributed by atoms with E-state index in [2.05, 4.69) is 0 Å². The Bertz CT molecular complexity index is 776. The Morgan fingerprint density at radius 3 is 2.11 bits per heavy atom. The fourth-order valence-electron chi connectivity index (χ4n) is 3.58. The van der Waals surface area contributed by atoms with Gasteiger partial charge in [-0.3, -0.25) is 4.79 Å². The van der Waals surface area contributed by atoms with E-state index >= 15 is 0 Å². The van der Waals surface area contributed by atoms with E-state index in [9.17, 15) is 9.59 Å². The van der Waals surface area contributed by atoms with E-state index in [4.69, 9.17) is 4.74 Å². The molecule has 1 unspecified atom stereocenters. The van der Waals surface area contributed by atoms with Gasteiger partial charge in [0.2, 0.25) is 0 Å². The molecular weight excluding hydrogens is 338 g/mol. The summed E-state index contributed by atoms with van der Waals surface area (Å²) in [5, 5.41) is 0. The quantitative estimate of drug-likeness (QED) is 0.662. The normalized spacial score (nSPS) is 11.7. The number of ether oxygens (including phenoxy) is 1. The molecule has 0 fully saturated rings. The predicted molar refractivity (Wildman–Crippen MR) is 108 cm³/mol. The van der Waals surface area contributed by atoms with Crippen molar-refractivity contribution in [1.82, 2.24) is 4.90 Å². The van der Waals surface area contributed by atoms with Crippen molar-refractivity contribution in [1.29, 1.82) is 0 Å². The van der Waals surface area contributed by atoms with Crippen LogP contribution in [-0.4, -0.2) is 29.9 Å². The lowest BCUT2D eigenvalue weighted by Crippen LogP contribution is -2.41. The SMILES string of the molecule is CCCN(C(=O)c1ccccc1)C(C(=O)OCC)c1c(C)cc(C)cc1C. The van der Waals surface area contributed by atoms with Crippen molar-refractivity contribution in [3.05, 3.63) is 70.3 Å². The minimum absolute atomic E-state index is 0.158. The Labute approximate surface area is 162 Å². The molecule has 1 amide bonds. The van der Waals surface area contributed by atoms with Crippen LogP contribution in [0.4, 0.5) is 0 Å². The van der Waals surface area contributed by atoms with Gasteiger partial charge in [0.05, 0.1) is 6.61 Å². The van der Waals surface area contributed by atoms with Crippen LogP contribution in [-0.2, 0) is 9.53 Å². The van der Waals surface area contributed by atoms with E-state index in [1.807, 2.05) is 58.0 Å². The second-order valence-electron chi connectivity index (χ2n) is 6.83. The third kappa shape index (κ3) is 4.76. The average molecular weight is 367 g/mol.